The molecule has 7 heteroatoms. The standard InChI is InChI=1S/C22H24N2O4S/c1-22(2,3)17-8-6-16(7-9-17)21(25)24-18-10-12-20(13-11-18)29(26,27)23-15-19-5-4-14-28-19/h4-14,23H,15H2,1-3H3,(H,24,25). The maximum atomic E-state index is 12.4. The minimum Gasteiger partial charge on any atom is -0.468 e. The molecule has 0 aliphatic carbocycles. The van der Waals surface area contributed by atoms with Gasteiger partial charge in [0.25, 0.3) is 5.91 Å². The summed E-state index contributed by atoms with van der Waals surface area (Å²) in [4.78, 5) is 12.5. The van der Waals surface area contributed by atoms with Gasteiger partial charge in [-0.3, -0.25) is 4.79 Å². The first kappa shape index (κ1) is 20.8. The Morgan fingerprint density at radius 1 is 0.966 bits per heavy atom. The van der Waals surface area contributed by atoms with Crippen molar-refractivity contribution < 1.29 is 17.6 Å². The van der Waals surface area contributed by atoms with Crippen LogP contribution in [-0.4, -0.2) is 14.3 Å². The van der Waals surface area contributed by atoms with Gasteiger partial charge in [-0.1, -0.05) is 32.9 Å². The SMILES string of the molecule is CC(C)(C)c1ccc(C(=O)Nc2ccc(S(=O)(=O)NCc3ccco3)cc2)cc1. The van der Waals surface area contributed by atoms with E-state index in [0.717, 1.165) is 5.56 Å². The molecule has 0 unspecified atom stereocenters. The van der Waals surface area contributed by atoms with E-state index < -0.39 is 10.0 Å². The number of carbonyl (C=O) groups is 1. The molecule has 2 aromatic carbocycles. The summed E-state index contributed by atoms with van der Waals surface area (Å²) in [6.07, 6.45) is 1.48. The molecule has 0 saturated heterocycles. The molecule has 1 amide bonds. The van der Waals surface area contributed by atoms with Crippen LogP contribution < -0.4 is 10.0 Å². The van der Waals surface area contributed by atoms with E-state index in [9.17, 15) is 13.2 Å². The molecule has 0 fully saturated rings. The van der Waals surface area contributed by atoms with Gasteiger partial charge in [-0.05, 0) is 59.5 Å². The Balaban J connectivity index is 1.64. The molecule has 0 spiro atoms. The average molecular weight is 413 g/mol. The first-order chi connectivity index (χ1) is 13.6. The number of benzene rings is 2. The molecule has 0 aliphatic rings. The van der Waals surface area contributed by atoms with E-state index in [1.165, 1.54) is 18.4 Å². The lowest BCUT2D eigenvalue weighted by atomic mass is 9.87. The second kappa shape index (κ2) is 8.23. The molecular weight excluding hydrogens is 388 g/mol. The maximum Gasteiger partial charge on any atom is 0.255 e. The lowest BCUT2D eigenvalue weighted by molar-refractivity contribution is 0.102. The fraction of sp³-hybridized carbons (Fsp3) is 0.227. The van der Waals surface area contributed by atoms with Gasteiger partial charge < -0.3 is 9.73 Å². The molecule has 1 aromatic heterocycles. The van der Waals surface area contributed by atoms with Crippen LogP contribution in [0.4, 0.5) is 5.69 Å². The summed E-state index contributed by atoms with van der Waals surface area (Å²) < 4.78 is 32.3. The number of amides is 1. The molecule has 0 radical (unpaired) electrons. The molecular formula is C22H24N2O4S. The van der Waals surface area contributed by atoms with Crippen molar-refractivity contribution in [3.8, 4) is 0 Å². The Bertz CT molecular complexity index is 1060. The van der Waals surface area contributed by atoms with Gasteiger partial charge in [0, 0.05) is 11.3 Å². The van der Waals surface area contributed by atoms with Crippen molar-refractivity contribution in [1.29, 1.82) is 0 Å². The lowest BCUT2D eigenvalue weighted by Crippen LogP contribution is -2.23. The van der Waals surface area contributed by atoms with E-state index in [0.29, 0.717) is 17.0 Å². The van der Waals surface area contributed by atoms with Crippen LogP contribution in [-0.2, 0) is 22.0 Å². The Kier molecular flexibility index (Phi) is 5.91. The number of hydrogen-bond donors (Lipinski definition) is 2. The van der Waals surface area contributed by atoms with Gasteiger partial charge in [-0.2, -0.15) is 0 Å². The number of nitrogens with one attached hydrogen (secondary N) is 2. The summed E-state index contributed by atoms with van der Waals surface area (Å²) in [5, 5.41) is 2.78. The van der Waals surface area contributed by atoms with Gasteiger partial charge >= 0.3 is 0 Å². The molecule has 6 nitrogen and oxygen atoms in total. The predicted octanol–water partition coefficient (Wildman–Crippen LogP) is 4.31. The van der Waals surface area contributed by atoms with Crippen LogP contribution in [0, 0.1) is 0 Å². The smallest absolute Gasteiger partial charge is 0.255 e. The monoisotopic (exact) mass is 412 g/mol. The number of sulfonamides is 1. The summed E-state index contributed by atoms with van der Waals surface area (Å²) in [6, 6.07) is 16.8. The lowest BCUT2D eigenvalue weighted by Gasteiger charge is -2.19. The van der Waals surface area contributed by atoms with Gasteiger partial charge in [-0.15, -0.1) is 0 Å². The zero-order chi connectivity index (χ0) is 21.1. The summed E-state index contributed by atoms with van der Waals surface area (Å²) >= 11 is 0. The van der Waals surface area contributed by atoms with Crippen LogP contribution in [0.15, 0.2) is 76.2 Å². The molecule has 0 bridgehead atoms. The van der Waals surface area contributed by atoms with Crippen molar-refractivity contribution >= 4 is 21.6 Å². The third kappa shape index (κ3) is 5.34. The number of anilines is 1. The molecule has 29 heavy (non-hydrogen) atoms. The molecule has 152 valence electrons. The second-order valence-corrected chi connectivity index (χ2v) is 9.48. The van der Waals surface area contributed by atoms with Crippen LogP contribution in [0.25, 0.3) is 0 Å². The summed E-state index contributed by atoms with van der Waals surface area (Å²) in [7, 11) is -3.68. The highest BCUT2D eigenvalue weighted by Gasteiger charge is 2.16. The third-order valence-electron chi connectivity index (χ3n) is 4.45. The highest BCUT2D eigenvalue weighted by molar-refractivity contribution is 7.89. The van der Waals surface area contributed by atoms with Gasteiger partial charge in [-0.25, -0.2) is 13.1 Å². The Labute approximate surface area is 171 Å². The van der Waals surface area contributed by atoms with E-state index in [1.54, 1.807) is 36.4 Å². The normalized spacial score (nSPS) is 12.0. The first-order valence-corrected chi connectivity index (χ1v) is 10.7. The largest absolute Gasteiger partial charge is 0.468 e. The van der Waals surface area contributed by atoms with Gasteiger partial charge in [0.15, 0.2) is 0 Å². The second-order valence-electron chi connectivity index (χ2n) is 7.71. The Morgan fingerprint density at radius 3 is 2.17 bits per heavy atom. The maximum absolute atomic E-state index is 12.4. The zero-order valence-corrected chi connectivity index (χ0v) is 17.4. The predicted molar refractivity (Wildman–Crippen MR) is 112 cm³/mol. The first-order valence-electron chi connectivity index (χ1n) is 9.19. The molecule has 0 atom stereocenters. The van der Waals surface area contributed by atoms with Crippen LogP contribution in [0.2, 0.25) is 0 Å². The van der Waals surface area contributed by atoms with Crippen LogP contribution in [0.5, 0.6) is 0 Å². The van der Waals surface area contributed by atoms with Crippen molar-refractivity contribution in [2.75, 3.05) is 5.32 Å². The highest BCUT2D eigenvalue weighted by atomic mass is 32.2. The zero-order valence-electron chi connectivity index (χ0n) is 16.6. The Hall–Kier alpha value is -2.90. The highest BCUT2D eigenvalue weighted by Crippen LogP contribution is 2.22. The third-order valence-corrected chi connectivity index (χ3v) is 5.87. The number of carbonyl (C=O) groups excluding carboxylic acids is 1. The van der Waals surface area contributed by atoms with Crippen molar-refractivity contribution in [1.82, 2.24) is 4.72 Å². The molecule has 3 aromatic rings. The van der Waals surface area contributed by atoms with Crippen molar-refractivity contribution in [3.05, 3.63) is 83.8 Å². The number of furan rings is 1. The van der Waals surface area contributed by atoms with Crippen molar-refractivity contribution in [2.45, 2.75) is 37.6 Å². The topological polar surface area (TPSA) is 88.4 Å². The number of rotatable bonds is 6. The van der Waals surface area contributed by atoms with Gasteiger partial charge in [0.1, 0.15) is 5.76 Å². The quantitative estimate of drug-likeness (QED) is 0.631. The van der Waals surface area contributed by atoms with Crippen LogP contribution in [0.1, 0.15) is 42.5 Å². The minimum absolute atomic E-state index is 0.0152. The van der Waals surface area contributed by atoms with Gasteiger partial charge in [0.2, 0.25) is 10.0 Å². The van der Waals surface area contributed by atoms with Crippen LogP contribution >= 0.6 is 0 Å². The van der Waals surface area contributed by atoms with E-state index in [2.05, 4.69) is 30.8 Å². The fourth-order valence-corrected chi connectivity index (χ4v) is 3.70. The summed E-state index contributed by atoms with van der Waals surface area (Å²) in [6.45, 7) is 6.40. The van der Waals surface area contributed by atoms with Crippen molar-refractivity contribution in [2.24, 2.45) is 0 Å². The summed E-state index contributed by atoms with van der Waals surface area (Å²) in [5.74, 6) is 0.270. The van der Waals surface area contributed by atoms with Gasteiger partial charge in [0.05, 0.1) is 17.7 Å². The van der Waals surface area contributed by atoms with E-state index in [4.69, 9.17) is 4.42 Å². The molecule has 2 N–H and O–H groups in total. The molecule has 3 rings (SSSR count). The molecule has 0 aliphatic heterocycles. The summed E-state index contributed by atoms with van der Waals surface area (Å²) in [5.41, 5.74) is 2.21. The number of hydrogen-bond acceptors (Lipinski definition) is 4. The van der Waals surface area contributed by atoms with E-state index in [-0.39, 0.29) is 22.8 Å². The molecule has 0 saturated carbocycles. The molecule has 1 heterocycles. The Morgan fingerprint density at radius 2 is 1.62 bits per heavy atom. The fourth-order valence-electron chi connectivity index (χ4n) is 2.70. The minimum atomic E-state index is -3.68. The van der Waals surface area contributed by atoms with Crippen molar-refractivity contribution in [3.63, 3.8) is 0 Å². The average Bonchev–Trinajstić information content (AvgIpc) is 3.20. The van der Waals surface area contributed by atoms with Crippen LogP contribution in [0.3, 0.4) is 0 Å². The van der Waals surface area contributed by atoms with E-state index >= 15 is 0 Å². The van der Waals surface area contributed by atoms with E-state index in [1.807, 2.05) is 12.1 Å².